The van der Waals surface area contributed by atoms with Crippen LogP contribution in [-0.2, 0) is 6.42 Å². The van der Waals surface area contributed by atoms with Gasteiger partial charge in [0.05, 0.1) is 0 Å². The molecule has 19 heavy (non-hydrogen) atoms. The Morgan fingerprint density at radius 3 is 2.42 bits per heavy atom. The maximum Gasteiger partial charge on any atom is 0.0408 e. The van der Waals surface area contributed by atoms with Gasteiger partial charge in [0, 0.05) is 11.1 Å². The summed E-state index contributed by atoms with van der Waals surface area (Å²) in [5.41, 5.74) is 12.6. The molecule has 0 aliphatic heterocycles. The number of aryl methyl sites for hydroxylation is 3. The summed E-state index contributed by atoms with van der Waals surface area (Å²) in [4.78, 5) is 0. The van der Waals surface area contributed by atoms with Crippen LogP contribution < -0.4 is 5.73 Å². The van der Waals surface area contributed by atoms with Crippen LogP contribution in [0.15, 0.2) is 36.4 Å². The van der Waals surface area contributed by atoms with E-state index in [1.54, 1.807) is 0 Å². The second-order valence-electron chi connectivity index (χ2n) is 5.24. The van der Waals surface area contributed by atoms with E-state index in [9.17, 15) is 0 Å². The summed E-state index contributed by atoms with van der Waals surface area (Å²) in [6, 6.07) is 12.4. The van der Waals surface area contributed by atoms with Crippen LogP contribution in [0, 0.1) is 20.8 Å². The van der Waals surface area contributed by atoms with E-state index >= 15 is 0 Å². The zero-order valence-corrected chi connectivity index (χ0v) is 12.5. The minimum atomic E-state index is 0.0118. The summed E-state index contributed by atoms with van der Waals surface area (Å²) < 4.78 is 0. The van der Waals surface area contributed by atoms with Crippen molar-refractivity contribution in [2.24, 2.45) is 5.73 Å². The molecule has 0 saturated heterocycles. The van der Waals surface area contributed by atoms with E-state index in [1.165, 1.54) is 22.3 Å². The highest BCUT2D eigenvalue weighted by Gasteiger charge is 2.11. The SMILES string of the molecule is Cc1ccc(C)c(CC(N)c2ccc(Cl)cc2C)c1. The molecule has 0 aliphatic carbocycles. The van der Waals surface area contributed by atoms with Crippen molar-refractivity contribution in [2.75, 3.05) is 0 Å². The van der Waals surface area contributed by atoms with Crippen LogP contribution in [0.4, 0.5) is 0 Å². The Morgan fingerprint density at radius 2 is 1.74 bits per heavy atom. The fraction of sp³-hybridized carbons (Fsp3) is 0.294. The molecule has 2 rings (SSSR count). The smallest absolute Gasteiger partial charge is 0.0408 e. The van der Waals surface area contributed by atoms with Gasteiger partial charge in [-0.2, -0.15) is 0 Å². The Bertz CT molecular complexity index is 590. The maximum absolute atomic E-state index is 6.35. The Morgan fingerprint density at radius 1 is 1.00 bits per heavy atom. The van der Waals surface area contributed by atoms with Crippen molar-refractivity contribution in [3.63, 3.8) is 0 Å². The molecule has 0 amide bonds. The summed E-state index contributed by atoms with van der Waals surface area (Å²) in [5.74, 6) is 0. The molecule has 0 aliphatic rings. The van der Waals surface area contributed by atoms with E-state index in [2.05, 4.69) is 39.0 Å². The first-order valence-electron chi connectivity index (χ1n) is 6.55. The minimum absolute atomic E-state index is 0.0118. The first-order chi connectivity index (χ1) is 8.97. The molecule has 1 nitrogen and oxygen atoms in total. The van der Waals surface area contributed by atoms with Crippen molar-refractivity contribution in [1.82, 2.24) is 0 Å². The average Bonchev–Trinajstić information content (AvgIpc) is 2.33. The third kappa shape index (κ3) is 3.37. The normalized spacial score (nSPS) is 12.5. The van der Waals surface area contributed by atoms with Crippen LogP contribution in [0.25, 0.3) is 0 Å². The Hall–Kier alpha value is -1.31. The van der Waals surface area contributed by atoms with E-state index in [1.807, 2.05) is 18.2 Å². The molecule has 0 fully saturated rings. The number of benzene rings is 2. The second kappa shape index (κ2) is 5.77. The van der Waals surface area contributed by atoms with E-state index < -0.39 is 0 Å². The Balaban J connectivity index is 2.25. The van der Waals surface area contributed by atoms with Gasteiger partial charge >= 0.3 is 0 Å². The molecule has 0 aromatic heterocycles. The lowest BCUT2D eigenvalue weighted by Crippen LogP contribution is -2.15. The van der Waals surface area contributed by atoms with Crippen LogP contribution in [0.2, 0.25) is 5.02 Å². The molecule has 1 unspecified atom stereocenters. The predicted molar refractivity (Wildman–Crippen MR) is 82.7 cm³/mol. The van der Waals surface area contributed by atoms with Crippen molar-refractivity contribution in [1.29, 1.82) is 0 Å². The van der Waals surface area contributed by atoms with Gasteiger partial charge in [-0.15, -0.1) is 0 Å². The lowest BCUT2D eigenvalue weighted by atomic mass is 9.93. The zero-order valence-electron chi connectivity index (χ0n) is 11.7. The average molecular weight is 274 g/mol. The van der Waals surface area contributed by atoms with Gasteiger partial charge in [0.25, 0.3) is 0 Å². The third-order valence-corrected chi connectivity index (χ3v) is 3.81. The van der Waals surface area contributed by atoms with Gasteiger partial charge < -0.3 is 5.73 Å². The highest BCUT2D eigenvalue weighted by molar-refractivity contribution is 6.30. The molecule has 2 N–H and O–H groups in total. The molecule has 1 atom stereocenters. The van der Waals surface area contributed by atoms with Crippen LogP contribution in [0.5, 0.6) is 0 Å². The molecular formula is C17H20ClN. The molecule has 100 valence electrons. The van der Waals surface area contributed by atoms with E-state index in [-0.39, 0.29) is 6.04 Å². The van der Waals surface area contributed by atoms with Crippen LogP contribution in [0.3, 0.4) is 0 Å². The number of hydrogen-bond donors (Lipinski definition) is 1. The van der Waals surface area contributed by atoms with Crippen molar-refractivity contribution in [3.05, 3.63) is 69.2 Å². The summed E-state index contributed by atoms with van der Waals surface area (Å²) in [7, 11) is 0. The number of nitrogens with two attached hydrogens (primary N) is 1. The lowest BCUT2D eigenvalue weighted by Gasteiger charge is -2.17. The summed E-state index contributed by atoms with van der Waals surface area (Å²) in [6.45, 7) is 6.31. The fourth-order valence-electron chi connectivity index (χ4n) is 2.42. The summed E-state index contributed by atoms with van der Waals surface area (Å²) in [5, 5.41) is 0.764. The zero-order chi connectivity index (χ0) is 14.0. The molecule has 2 heteroatoms. The summed E-state index contributed by atoms with van der Waals surface area (Å²) >= 11 is 5.99. The van der Waals surface area contributed by atoms with Gasteiger partial charge in [0.2, 0.25) is 0 Å². The lowest BCUT2D eigenvalue weighted by molar-refractivity contribution is 0.713. The first kappa shape index (κ1) is 14.1. The van der Waals surface area contributed by atoms with Crippen molar-refractivity contribution < 1.29 is 0 Å². The molecule has 0 bridgehead atoms. The minimum Gasteiger partial charge on any atom is -0.324 e. The van der Waals surface area contributed by atoms with Crippen molar-refractivity contribution >= 4 is 11.6 Å². The second-order valence-corrected chi connectivity index (χ2v) is 5.68. The van der Waals surface area contributed by atoms with Crippen LogP contribution in [0.1, 0.15) is 33.9 Å². The monoisotopic (exact) mass is 273 g/mol. The van der Waals surface area contributed by atoms with Gasteiger partial charge in [0.1, 0.15) is 0 Å². The van der Waals surface area contributed by atoms with Gasteiger partial charge in [-0.3, -0.25) is 0 Å². The predicted octanol–water partition coefficient (Wildman–Crippen LogP) is 4.51. The number of rotatable bonds is 3. The standard InChI is InChI=1S/C17H20ClN/c1-11-4-5-12(2)14(8-11)10-17(19)16-7-6-15(18)9-13(16)3/h4-9,17H,10,19H2,1-3H3. The highest BCUT2D eigenvalue weighted by Crippen LogP contribution is 2.24. The highest BCUT2D eigenvalue weighted by atomic mass is 35.5. The molecule has 0 spiro atoms. The van der Waals surface area contributed by atoms with E-state index in [0.29, 0.717) is 0 Å². The first-order valence-corrected chi connectivity index (χ1v) is 6.93. The Kier molecular flexibility index (Phi) is 4.28. The quantitative estimate of drug-likeness (QED) is 0.875. The van der Waals surface area contributed by atoms with Crippen LogP contribution >= 0.6 is 11.6 Å². The van der Waals surface area contributed by atoms with Gasteiger partial charge in [-0.05, 0) is 61.6 Å². The molecule has 0 heterocycles. The van der Waals surface area contributed by atoms with Gasteiger partial charge in [-0.25, -0.2) is 0 Å². The van der Waals surface area contributed by atoms with Gasteiger partial charge in [0.15, 0.2) is 0 Å². The van der Waals surface area contributed by atoms with Crippen LogP contribution in [-0.4, -0.2) is 0 Å². The van der Waals surface area contributed by atoms with Crippen molar-refractivity contribution in [3.8, 4) is 0 Å². The number of halogens is 1. The molecule has 2 aromatic rings. The van der Waals surface area contributed by atoms with Gasteiger partial charge in [-0.1, -0.05) is 41.4 Å². The molecular weight excluding hydrogens is 254 g/mol. The molecule has 0 saturated carbocycles. The largest absolute Gasteiger partial charge is 0.324 e. The molecule has 0 radical (unpaired) electrons. The number of hydrogen-bond acceptors (Lipinski definition) is 1. The maximum atomic E-state index is 6.35. The van der Waals surface area contributed by atoms with E-state index in [0.717, 1.165) is 17.0 Å². The Labute approximate surface area is 120 Å². The third-order valence-electron chi connectivity index (χ3n) is 3.58. The van der Waals surface area contributed by atoms with Crippen molar-refractivity contribution in [2.45, 2.75) is 33.2 Å². The fourth-order valence-corrected chi connectivity index (χ4v) is 2.65. The summed E-state index contributed by atoms with van der Waals surface area (Å²) in [6.07, 6.45) is 0.857. The van der Waals surface area contributed by atoms with E-state index in [4.69, 9.17) is 17.3 Å². The molecule has 2 aromatic carbocycles. The topological polar surface area (TPSA) is 26.0 Å².